The third kappa shape index (κ3) is 2.03. The molecular formula is C15H15O2P. The fourth-order valence-corrected chi connectivity index (χ4v) is 3.05. The van der Waals surface area contributed by atoms with Crippen molar-refractivity contribution in [1.29, 1.82) is 0 Å². The van der Waals surface area contributed by atoms with Gasteiger partial charge in [-0.3, -0.25) is 0 Å². The van der Waals surface area contributed by atoms with E-state index in [0.29, 0.717) is 0 Å². The van der Waals surface area contributed by atoms with Gasteiger partial charge in [0.1, 0.15) is 5.75 Å². The van der Waals surface area contributed by atoms with Gasteiger partial charge in [0.05, 0.1) is 11.9 Å². The fourth-order valence-electron chi connectivity index (χ4n) is 2.13. The molecule has 0 saturated heterocycles. The van der Waals surface area contributed by atoms with Gasteiger partial charge in [-0.15, -0.1) is 0 Å². The summed E-state index contributed by atoms with van der Waals surface area (Å²) in [5.41, 5.74) is 2.42. The molecule has 1 atom stereocenters. The zero-order valence-electron chi connectivity index (χ0n) is 10.3. The molecule has 2 nitrogen and oxygen atoms in total. The third-order valence-electron chi connectivity index (χ3n) is 2.95. The predicted molar refractivity (Wildman–Crippen MR) is 74.0 cm³/mol. The molecule has 1 aliphatic rings. The minimum Gasteiger partial charge on any atom is -0.460 e. The largest absolute Gasteiger partial charge is 0.460 e. The van der Waals surface area contributed by atoms with E-state index in [1.54, 1.807) is 0 Å². The van der Waals surface area contributed by atoms with Crippen molar-refractivity contribution in [2.45, 2.75) is 19.6 Å². The molecular weight excluding hydrogens is 243 g/mol. The Labute approximate surface area is 109 Å². The first-order valence-corrected chi connectivity index (χ1v) is 7.19. The molecule has 3 rings (SSSR count). The Hall–Kier alpha value is -1.37. The van der Waals surface area contributed by atoms with Gasteiger partial charge in [-0.2, -0.15) is 0 Å². The highest BCUT2D eigenvalue weighted by Gasteiger charge is 2.26. The van der Waals surface area contributed by atoms with E-state index < -0.39 is 0 Å². The van der Waals surface area contributed by atoms with Crippen LogP contribution in [0.3, 0.4) is 0 Å². The molecule has 0 spiro atoms. The molecule has 0 amide bonds. The molecule has 2 aromatic rings. The maximum absolute atomic E-state index is 5.96. The molecule has 0 bridgehead atoms. The van der Waals surface area contributed by atoms with Crippen LogP contribution in [0.15, 0.2) is 42.2 Å². The van der Waals surface area contributed by atoms with Gasteiger partial charge >= 0.3 is 0 Å². The second-order valence-corrected chi connectivity index (χ2v) is 5.29. The van der Waals surface area contributed by atoms with Crippen molar-refractivity contribution in [1.82, 2.24) is 0 Å². The average Bonchev–Trinajstić information content (AvgIpc) is 2.45. The number of fused-ring (bicyclic) bond motifs is 3. The minimum absolute atomic E-state index is 0.238. The van der Waals surface area contributed by atoms with Gasteiger partial charge in [0.25, 0.3) is 0 Å². The first-order valence-electron chi connectivity index (χ1n) is 6.22. The van der Waals surface area contributed by atoms with Crippen LogP contribution in [0.4, 0.5) is 0 Å². The topological polar surface area (TPSA) is 18.5 Å². The number of hydrogen-bond acceptors (Lipinski definition) is 2. The molecule has 1 unspecified atom stereocenters. The first-order chi connectivity index (χ1) is 8.90. The highest BCUT2D eigenvalue weighted by molar-refractivity contribution is 7.30. The highest BCUT2D eigenvalue weighted by Crippen LogP contribution is 2.45. The zero-order chi connectivity index (χ0) is 12.4. The van der Waals surface area contributed by atoms with E-state index in [9.17, 15) is 0 Å². The van der Waals surface area contributed by atoms with Crippen molar-refractivity contribution in [3.05, 3.63) is 47.5 Å². The molecule has 0 radical (unpaired) electrons. The van der Waals surface area contributed by atoms with Crippen molar-refractivity contribution in [2.75, 3.05) is 6.61 Å². The van der Waals surface area contributed by atoms with Crippen LogP contribution >= 0.6 is 8.19 Å². The van der Waals surface area contributed by atoms with Crippen molar-refractivity contribution >= 4 is 8.19 Å². The summed E-state index contributed by atoms with van der Waals surface area (Å²) >= 11 is 0. The van der Waals surface area contributed by atoms with Gasteiger partial charge in [0.2, 0.25) is 6.29 Å². The summed E-state index contributed by atoms with van der Waals surface area (Å²) in [7, 11) is 1.17. The number of ether oxygens (including phenoxy) is 2. The fraction of sp³-hybridized carbons (Fsp3) is 0.267. The van der Waals surface area contributed by atoms with Crippen LogP contribution in [0.1, 0.15) is 24.9 Å². The van der Waals surface area contributed by atoms with E-state index in [-0.39, 0.29) is 6.29 Å². The van der Waals surface area contributed by atoms with Crippen molar-refractivity contribution in [3.63, 3.8) is 0 Å². The summed E-state index contributed by atoms with van der Waals surface area (Å²) < 4.78 is 11.8. The molecule has 2 heterocycles. The molecule has 18 heavy (non-hydrogen) atoms. The Kier molecular flexibility index (Phi) is 3.31. The van der Waals surface area contributed by atoms with E-state index >= 15 is 0 Å². The number of hydrogen-bond donors (Lipinski definition) is 0. The molecule has 1 aliphatic heterocycles. The van der Waals surface area contributed by atoms with E-state index in [2.05, 4.69) is 30.9 Å². The summed E-state index contributed by atoms with van der Waals surface area (Å²) in [5.74, 6) is 3.04. The monoisotopic (exact) mass is 258 g/mol. The van der Waals surface area contributed by atoms with Crippen LogP contribution in [0.2, 0.25) is 0 Å². The summed E-state index contributed by atoms with van der Waals surface area (Å²) in [6, 6.07) is 12.4. The normalized spacial score (nSPS) is 17.1. The molecule has 0 N–H and O–H groups in total. The molecule has 3 heteroatoms. The Balaban J connectivity index is 2.05. The summed E-state index contributed by atoms with van der Waals surface area (Å²) in [6.45, 7) is 2.83. The highest BCUT2D eigenvalue weighted by atomic mass is 31.0. The van der Waals surface area contributed by atoms with E-state index in [4.69, 9.17) is 9.47 Å². The van der Waals surface area contributed by atoms with Crippen molar-refractivity contribution in [2.24, 2.45) is 0 Å². The molecule has 0 aliphatic carbocycles. The molecule has 92 valence electrons. The van der Waals surface area contributed by atoms with E-state index in [1.807, 2.05) is 18.2 Å². The van der Waals surface area contributed by atoms with Gasteiger partial charge in [-0.1, -0.05) is 45.4 Å². The number of benzene rings is 1. The lowest BCUT2D eigenvalue weighted by atomic mass is 10.0. The first kappa shape index (κ1) is 11.7. The van der Waals surface area contributed by atoms with Gasteiger partial charge < -0.3 is 9.47 Å². The lowest BCUT2D eigenvalue weighted by Crippen LogP contribution is -2.16. The zero-order valence-corrected chi connectivity index (χ0v) is 11.2. The number of rotatable bonds is 3. The van der Waals surface area contributed by atoms with Crippen LogP contribution in [0.25, 0.3) is 11.1 Å². The van der Waals surface area contributed by atoms with Gasteiger partial charge in [0, 0.05) is 5.56 Å². The van der Waals surface area contributed by atoms with Crippen LogP contribution in [0, 0.1) is 0 Å². The number of para-hydroxylation sites is 1. The van der Waals surface area contributed by atoms with Gasteiger partial charge in [-0.05, 0) is 23.8 Å². The molecule has 1 aromatic heterocycles. The van der Waals surface area contributed by atoms with E-state index in [1.165, 1.54) is 24.6 Å². The quantitative estimate of drug-likeness (QED) is 0.790. The van der Waals surface area contributed by atoms with Gasteiger partial charge in [0.15, 0.2) is 0 Å². The summed E-state index contributed by atoms with van der Waals surface area (Å²) in [5, 5.41) is 1.21. The minimum atomic E-state index is -0.238. The Bertz CT molecular complexity index is 554. The molecule has 0 fully saturated rings. The Morgan fingerprint density at radius 3 is 2.89 bits per heavy atom. The second kappa shape index (κ2) is 5.09. The van der Waals surface area contributed by atoms with Crippen LogP contribution in [-0.2, 0) is 4.74 Å². The lowest BCUT2D eigenvalue weighted by molar-refractivity contribution is -0.0823. The average molecular weight is 258 g/mol. The second-order valence-electron chi connectivity index (χ2n) is 4.25. The van der Waals surface area contributed by atoms with Crippen LogP contribution in [-0.4, -0.2) is 6.61 Å². The maximum atomic E-state index is 5.96. The smallest absolute Gasteiger partial charge is 0.231 e. The third-order valence-corrected chi connectivity index (χ3v) is 4.00. The van der Waals surface area contributed by atoms with Crippen LogP contribution < -0.4 is 4.74 Å². The predicted octanol–water partition coefficient (Wildman–Crippen LogP) is 4.75. The molecule has 0 saturated carbocycles. The van der Waals surface area contributed by atoms with Crippen LogP contribution in [0.5, 0.6) is 5.75 Å². The van der Waals surface area contributed by atoms with Crippen molar-refractivity contribution < 1.29 is 9.47 Å². The lowest BCUT2D eigenvalue weighted by Gasteiger charge is -2.27. The SMILES string of the molecule is CCCOC1Oc2ccccc2-c2cccpc21. The summed E-state index contributed by atoms with van der Waals surface area (Å²) in [4.78, 5) is 0. The Morgan fingerprint density at radius 1 is 1.17 bits per heavy atom. The van der Waals surface area contributed by atoms with Gasteiger partial charge in [-0.25, -0.2) is 0 Å². The standard InChI is InChI=1S/C15H15O2P/c1-2-9-16-15-14-12(7-5-10-18-14)11-6-3-4-8-13(11)17-15/h3-8,10,15H,2,9H2,1H3. The Morgan fingerprint density at radius 2 is 2.00 bits per heavy atom. The molecule has 1 aromatic carbocycles. The summed E-state index contributed by atoms with van der Waals surface area (Å²) in [6.07, 6.45) is 0.762. The van der Waals surface area contributed by atoms with E-state index in [0.717, 1.165) is 18.8 Å². The van der Waals surface area contributed by atoms with Crippen molar-refractivity contribution in [3.8, 4) is 16.9 Å². The maximum Gasteiger partial charge on any atom is 0.231 e.